The number of nitriles is 2. The molecule has 0 radical (unpaired) electrons. The number of guanidine groups is 2. The van der Waals surface area contributed by atoms with E-state index in [0.717, 1.165) is 27.8 Å². The molecule has 1 aromatic rings. The van der Waals surface area contributed by atoms with Crippen LogP contribution in [0.2, 0.25) is 0 Å². The number of nitrogens with zero attached hydrogens (tertiary/aromatic N) is 4. The van der Waals surface area contributed by atoms with Crippen molar-refractivity contribution in [2.45, 2.75) is 33.9 Å². The zero-order valence-electron chi connectivity index (χ0n) is 15.3. The van der Waals surface area contributed by atoms with Crippen molar-refractivity contribution in [2.75, 3.05) is 14.1 Å². The minimum absolute atomic E-state index is 0.431. The summed E-state index contributed by atoms with van der Waals surface area (Å²) in [5, 5.41) is 29.3. The lowest BCUT2D eigenvalue weighted by Gasteiger charge is -2.19. The fourth-order valence-electron chi connectivity index (χ4n) is 2.63. The van der Waals surface area contributed by atoms with Crippen molar-refractivity contribution in [1.29, 1.82) is 10.5 Å². The summed E-state index contributed by atoms with van der Waals surface area (Å²) < 4.78 is 0. The third-order valence-electron chi connectivity index (χ3n) is 3.95. The number of hydrogen-bond acceptors (Lipinski definition) is 4. The second-order valence-electron chi connectivity index (χ2n) is 5.42. The number of benzene rings is 1. The highest BCUT2D eigenvalue weighted by Gasteiger charge is 2.12. The van der Waals surface area contributed by atoms with Gasteiger partial charge in [0.15, 0.2) is 0 Å². The summed E-state index contributed by atoms with van der Waals surface area (Å²) in [4.78, 5) is 7.36. The van der Waals surface area contributed by atoms with Crippen LogP contribution in [0.25, 0.3) is 0 Å². The maximum atomic E-state index is 8.68. The minimum atomic E-state index is 0.431. The SMILES string of the molecule is CN/C(=N\C#N)NCc1c(C)cc(C)c(CN/C(=N/C#N)NC)c1C. The van der Waals surface area contributed by atoms with E-state index in [1.807, 2.05) is 0 Å². The van der Waals surface area contributed by atoms with Crippen LogP contribution in [0.1, 0.15) is 27.8 Å². The molecule has 0 amide bonds. The fraction of sp³-hybridized carbons (Fsp3) is 0.412. The summed E-state index contributed by atoms with van der Waals surface area (Å²) in [7, 11) is 3.42. The van der Waals surface area contributed by atoms with Crippen molar-refractivity contribution >= 4 is 11.9 Å². The van der Waals surface area contributed by atoms with Gasteiger partial charge in [0.25, 0.3) is 0 Å². The van der Waals surface area contributed by atoms with Crippen LogP contribution in [0, 0.1) is 43.7 Å². The van der Waals surface area contributed by atoms with Gasteiger partial charge in [0.1, 0.15) is 0 Å². The molecule has 25 heavy (non-hydrogen) atoms. The Kier molecular flexibility index (Phi) is 7.74. The van der Waals surface area contributed by atoms with E-state index in [0.29, 0.717) is 25.0 Å². The van der Waals surface area contributed by atoms with Gasteiger partial charge in [-0.05, 0) is 48.6 Å². The summed E-state index contributed by atoms with van der Waals surface area (Å²) in [6, 6.07) is 2.13. The average Bonchev–Trinajstić information content (AvgIpc) is 2.59. The Morgan fingerprint density at radius 3 is 1.60 bits per heavy atom. The average molecular weight is 340 g/mol. The molecule has 0 aromatic heterocycles. The van der Waals surface area contributed by atoms with Crippen LogP contribution in [0.15, 0.2) is 16.1 Å². The molecular formula is C17H24N8. The van der Waals surface area contributed by atoms with E-state index < -0.39 is 0 Å². The largest absolute Gasteiger partial charge is 0.359 e. The maximum Gasteiger partial charge on any atom is 0.209 e. The van der Waals surface area contributed by atoms with Crippen LogP contribution in [-0.2, 0) is 13.1 Å². The zero-order chi connectivity index (χ0) is 18.8. The molecule has 8 nitrogen and oxygen atoms in total. The van der Waals surface area contributed by atoms with Gasteiger partial charge >= 0.3 is 0 Å². The molecule has 0 heterocycles. The smallest absolute Gasteiger partial charge is 0.209 e. The Morgan fingerprint density at radius 2 is 1.28 bits per heavy atom. The molecule has 0 saturated heterocycles. The predicted molar refractivity (Wildman–Crippen MR) is 98.5 cm³/mol. The Hall–Kier alpha value is -3.26. The van der Waals surface area contributed by atoms with Gasteiger partial charge in [0.05, 0.1) is 0 Å². The Labute approximate surface area is 148 Å². The van der Waals surface area contributed by atoms with E-state index in [2.05, 4.69) is 58.1 Å². The molecule has 1 rings (SSSR count). The van der Waals surface area contributed by atoms with Crippen molar-refractivity contribution in [3.8, 4) is 12.4 Å². The number of aliphatic imine (C=N–C) groups is 2. The summed E-state index contributed by atoms with van der Waals surface area (Å²) in [5.74, 6) is 0.861. The van der Waals surface area contributed by atoms with Crippen LogP contribution in [0.4, 0.5) is 0 Å². The van der Waals surface area contributed by atoms with Gasteiger partial charge in [-0.2, -0.15) is 10.5 Å². The van der Waals surface area contributed by atoms with Crippen molar-refractivity contribution in [2.24, 2.45) is 9.98 Å². The summed E-state index contributed by atoms with van der Waals surface area (Å²) in [5.41, 5.74) is 5.77. The first-order valence-corrected chi connectivity index (χ1v) is 7.83. The summed E-state index contributed by atoms with van der Waals surface area (Å²) >= 11 is 0. The third kappa shape index (κ3) is 5.40. The summed E-state index contributed by atoms with van der Waals surface area (Å²) in [6.45, 7) is 7.29. The highest BCUT2D eigenvalue weighted by molar-refractivity contribution is 5.81. The number of rotatable bonds is 4. The van der Waals surface area contributed by atoms with Gasteiger partial charge in [-0.25, -0.2) is 0 Å². The third-order valence-corrected chi connectivity index (χ3v) is 3.95. The molecule has 0 aliphatic rings. The molecule has 4 N–H and O–H groups in total. The molecule has 0 spiro atoms. The normalized spacial score (nSPS) is 11.3. The molecule has 132 valence electrons. The van der Waals surface area contributed by atoms with Crippen LogP contribution >= 0.6 is 0 Å². The van der Waals surface area contributed by atoms with Crippen molar-refractivity contribution in [3.05, 3.63) is 33.9 Å². The van der Waals surface area contributed by atoms with Crippen molar-refractivity contribution in [3.63, 3.8) is 0 Å². The standard InChI is InChI=1S/C17H24N8/c1-11-6-12(2)15(8-23-17(21-5)25-10-19)13(3)14(11)7-22-16(20-4)24-9-18/h6H,7-8H2,1-5H3,(H2,20,22,24)(H2,21,23,25). The van der Waals surface area contributed by atoms with E-state index in [1.54, 1.807) is 26.5 Å². The maximum absolute atomic E-state index is 8.68. The highest BCUT2D eigenvalue weighted by Crippen LogP contribution is 2.22. The van der Waals surface area contributed by atoms with E-state index in [-0.39, 0.29) is 0 Å². The first kappa shape index (κ1) is 19.8. The second kappa shape index (κ2) is 9.78. The predicted octanol–water partition coefficient (Wildman–Crippen LogP) is 0.904. The molecule has 0 saturated carbocycles. The topological polar surface area (TPSA) is 120 Å². The lowest BCUT2D eigenvalue weighted by Crippen LogP contribution is -2.35. The van der Waals surface area contributed by atoms with Gasteiger partial charge in [-0.3, -0.25) is 0 Å². The van der Waals surface area contributed by atoms with E-state index in [9.17, 15) is 0 Å². The van der Waals surface area contributed by atoms with Crippen molar-refractivity contribution in [1.82, 2.24) is 21.3 Å². The number of aryl methyl sites for hydroxylation is 2. The van der Waals surface area contributed by atoms with E-state index in [1.165, 1.54) is 0 Å². The number of hydrogen-bond donors (Lipinski definition) is 4. The highest BCUT2D eigenvalue weighted by atomic mass is 15.2. The quantitative estimate of drug-likeness (QED) is 0.367. The molecule has 0 aliphatic carbocycles. The lowest BCUT2D eigenvalue weighted by molar-refractivity contribution is 0.826. The van der Waals surface area contributed by atoms with Gasteiger partial charge in [0, 0.05) is 27.2 Å². The van der Waals surface area contributed by atoms with Gasteiger partial charge in [-0.15, -0.1) is 9.98 Å². The molecule has 8 heteroatoms. The van der Waals surface area contributed by atoms with E-state index in [4.69, 9.17) is 10.5 Å². The van der Waals surface area contributed by atoms with Crippen LogP contribution in [0.3, 0.4) is 0 Å². The Bertz CT molecular complexity index is 689. The zero-order valence-corrected chi connectivity index (χ0v) is 15.3. The molecule has 0 unspecified atom stereocenters. The van der Waals surface area contributed by atoms with Gasteiger partial charge < -0.3 is 21.3 Å². The van der Waals surface area contributed by atoms with Crippen molar-refractivity contribution < 1.29 is 0 Å². The first-order chi connectivity index (χ1) is 12.0. The molecular weight excluding hydrogens is 316 g/mol. The number of nitrogens with one attached hydrogen (secondary N) is 4. The van der Waals surface area contributed by atoms with Gasteiger partial charge in [-0.1, -0.05) is 6.07 Å². The van der Waals surface area contributed by atoms with Gasteiger partial charge in [0.2, 0.25) is 24.3 Å². The fourth-order valence-corrected chi connectivity index (χ4v) is 2.63. The molecule has 1 aromatic carbocycles. The second-order valence-corrected chi connectivity index (χ2v) is 5.42. The van der Waals surface area contributed by atoms with Crippen LogP contribution in [-0.4, -0.2) is 26.0 Å². The minimum Gasteiger partial charge on any atom is -0.359 e. The Balaban J connectivity index is 3.06. The molecule has 0 bridgehead atoms. The van der Waals surface area contributed by atoms with Crippen LogP contribution < -0.4 is 21.3 Å². The van der Waals surface area contributed by atoms with Crippen LogP contribution in [0.5, 0.6) is 0 Å². The lowest BCUT2D eigenvalue weighted by atomic mass is 9.93. The molecule has 0 aliphatic heterocycles. The Morgan fingerprint density at radius 1 is 0.880 bits per heavy atom. The molecule has 0 fully saturated rings. The van der Waals surface area contributed by atoms with E-state index >= 15 is 0 Å². The first-order valence-electron chi connectivity index (χ1n) is 7.83. The summed E-state index contributed by atoms with van der Waals surface area (Å²) in [6.07, 6.45) is 3.52. The molecule has 0 atom stereocenters. The monoisotopic (exact) mass is 340 g/mol.